The number of pyridine rings is 2. The molecule has 1 atom stereocenters. The van der Waals surface area contributed by atoms with E-state index in [1.165, 1.54) is 0 Å². The van der Waals surface area contributed by atoms with Gasteiger partial charge in [-0.3, -0.25) is 9.67 Å². The minimum absolute atomic E-state index is 0.160. The van der Waals surface area contributed by atoms with E-state index in [4.69, 9.17) is 0 Å². The van der Waals surface area contributed by atoms with Crippen molar-refractivity contribution in [2.75, 3.05) is 5.32 Å². The molecule has 1 aromatic carbocycles. The van der Waals surface area contributed by atoms with Crippen LogP contribution in [-0.4, -0.2) is 24.9 Å². The van der Waals surface area contributed by atoms with E-state index in [0.29, 0.717) is 11.3 Å². The fraction of sp³-hybridized carbons (Fsp3) is 0.105. The second-order valence-electron chi connectivity index (χ2n) is 5.75. The van der Waals surface area contributed by atoms with Crippen LogP contribution in [0.4, 0.5) is 5.82 Å². The Labute approximate surface area is 144 Å². The number of aryl methyl sites for hydroxylation is 1. The van der Waals surface area contributed by atoms with Gasteiger partial charge < -0.3 is 10.4 Å². The van der Waals surface area contributed by atoms with Crippen molar-refractivity contribution in [2.24, 2.45) is 7.05 Å². The summed E-state index contributed by atoms with van der Waals surface area (Å²) in [5.74, 6) is 0.877. The largest absolute Gasteiger partial charge is 0.505 e. The van der Waals surface area contributed by atoms with Crippen LogP contribution in [-0.2, 0) is 7.05 Å². The predicted octanol–water partition coefficient (Wildman–Crippen LogP) is 3.27. The number of phenols is 1. The Morgan fingerprint density at radius 3 is 2.60 bits per heavy atom. The van der Waals surface area contributed by atoms with Crippen molar-refractivity contribution in [1.29, 1.82) is 0 Å². The fourth-order valence-electron chi connectivity index (χ4n) is 2.95. The smallest absolute Gasteiger partial charge is 0.147 e. The minimum atomic E-state index is -0.311. The number of phenolic OH excluding ortho intramolecular Hbond substituents is 1. The number of hydrogen-bond acceptors (Lipinski definition) is 5. The lowest BCUT2D eigenvalue weighted by molar-refractivity contribution is 0.470. The average molecular weight is 331 g/mol. The first kappa shape index (κ1) is 15.1. The van der Waals surface area contributed by atoms with Gasteiger partial charge in [-0.25, -0.2) is 4.98 Å². The quantitative estimate of drug-likeness (QED) is 0.600. The average Bonchev–Trinajstić information content (AvgIpc) is 3.07. The Morgan fingerprint density at radius 1 is 0.960 bits per heavy atom. The number of aromatic nitrogens is 4. The summed E-state index contributed by atoms with van der Waals surface area (Å²) >= 11 is 0. The van der Waals surface area contributed by atoms with Crippen LogP contribution in [0.15, 0.2) is 67.1 Å². The first-order chi connectivity index (χ1) is 12.2. The minimum Gasteiger partial charge on any atom is -0.505 e. The van der Waals surface area contributed by atoms with Crippen molar-refractivity contribution in [3.63, 3.8) is 0 Å². The molecule has 4 aromatic rings. The van der Waals surface area contributed by atoms with Crippen molar-refractivity contribution < 1.29 is 5.11 Å². The van der Waals surface area contributed by atoms with Crippen molar-refractivity contribution >= 4 is 16.7 Å². The second-order valence-corrected chi connectivity index (χ2v) is 5.75. The third-order valence-electron chi connectivity index (χ3n) is 4.20. The van der Waals surface area contributed by atoms with Gasteiger partial charge in [0.2, 0.25) is 0 Å². The number of hydrogen-bond donors (Lipinski definition) is 2. The second kappa shape index (κ2) is 6.24. The topological polar surface area (TPSA) is 75.9 Å². The van der Waals surface area contributed by atoms with Crippen LogP contribution in [0.3, 0.4) is 0 Å². The molecule has 6 heteroatoms. The van der Waals surface area contributed by atoms with E-state index in [2.05, 4.69) is 20.4 Å². The van der Waals surface area contributed by atoms with Gasteiger partial charge in [0.15, 0.2) is 0 Å². The lowest BCUT2D eigenvalue weighted by atomic mass is 10.00. The molecule has 124 valence electrons. The molecule has 0 saturated carbocycles. The Balaban J connectivity index is 1.86. The Bertz CT molecular complexity index is 1010. The summed E-state index contributed by atoms with van der Waals surface area (Å²) in [6.07, 6.45) is 5.14. The number of aromatic hydroxyl groups is 1. The Kier molecular flexibility index (Phi) is 3.78. The maximum absolute atomic E-state index is 10.8. The van der Waals surface area contributed by atoms with Crippen molar-refractivity contribution in [3.8, 4) is 5.75 Å². The molecule has 0 amide bonds. The molecule has 0 saturated heterocycles. The van der Waals surface area contributed by atoms with Gasteiger partial charge in [-0.05, 0) is 24.3 Å². The number of benzene rings is 1. The molecule has 4 rings (SSSR count). The van der Waals surface area contributed by atoms with E-state index in [0.717, 1.165) is 16.6 Å². The third-order valence-corrected chi connectivity index (χ3v) is 4.20. The van der Waals surface area contributed by atoms with Crippen LogP contribution in [0.5, 0.6) is 5.75 Å². The van der Waals surface area contributed by atoms with Gasteiger partial charge in [-0.1, -0.05) is 24.3 Å². The van der Waals surface area contributed by atoms with Crippen LogP contribution < -0.4 is 5.32 Å². The van der Waals surface area contributed by atoms with E-state index >= 15 is 0 Å². The van der Waals surface area contributed by atoms with Crippen LogP contribution in [0.1, 0.15) is 17.3 Å². The molecule has 0 aliphatic heterocycles. The summed E-state index contributed by atoms with van der Waals surface area (Å²) in [5, 5.41) is 19.4. The zero-order valence-corrected chi connectivity index (χ0v) is 13.7. The lowest BCUT2D eigenvalue weighted by Gasteiger charge is -2.21. The van der Waals surface area contributed by atoms with E-state index in [-0.39, 0.29) is 11.8 Å². The maximum Gasteiger partial charge on any atom is 0.147 e. The highest BCUT2D eigenvalue weighted by Gasteiger charge is 2.22. The van der Waals surface area contributed by atoms with Crippen LogP contribution in [0, 0.1) is 0 Å². The molecule has 0 aliphatic carbocycles. The molecule has 25 heavy (non-hydrogen) atoms. The molecule has 0 radical (unpaired) electrons. The van der Waals surface area contributed by atoms with E-state index in [1.807, 2.05) is 55.6 Å². The molecule has 0 bridgehead atoms. The van der Waals surface area contributed by atoms with Crippen LogP contribution in [0.2, 0.25) is 0 Å². The first-order valence-electron chi connectivity index (χ1n) is 7.96. The molecule has 0 fully saturated rings. The van der Waals surface area contributed by atoms with Gasteiger partial charge in [0, 0.05) is 36.6 Å². The molecule has 3 aromatic heterocycles. The van der Waals surface area contributed by atoms with Gasteiger partial charge in [0.1, 0.15) is 17.1 Å². The summed E-state index contributed by atoms with van der Waals surface area (Å²) in [6.45, 7) is 0. The van der Waals surface area contributed by atoms with E-state index < -0.39 is 0 Å². The summed E-state index contributed by atoms with van der Waals surface area (Å²) in [7, 11) is 1.87. The summed E-state index contributed by atoms with van der Waals surface area (Å²) in [4.78, 5) is 8.66. The zero-order chi connectivity index (χ0) is 17.2. The van der Waals surface area contributed by atoms with Gasteiger partial charge in [0.25, 0.3) is 0 Å². The molecule has 2 N–H and O–H groups in total. The van der Waals surface area contributed by atoms with Gasteiger partial charge in [0.05, 0.1) is 11.7 Å². The Morgan fingerprint density at radius 2 is 1.84 bits per heavy atom. The number of nitrogens with zero attached hydrogens (tertiary/aromatic N) is 4. The molecule has 1 unspecified atom stereocenters. The van der Waals surface area contributed by atoms with Crippen LogP contribution in [0.25, 0.3) is 10.9 Å². The molecular formula is C19H17N5O. The van der Waals surface area contributed by atoms with Crippen molar-refractivity contribution in [1.82, 2.24) is 19.7 Å². The van der Waals surface area contributed by atoms with Gasteiger partial charge >= 0.3 is 0 Å². The third kappa shape index (κ3) is 2.78. The van der Waals surface area contributed by atoms with Crippen LogP contribution >= 0.6 is 0 Å². The lowest BCUT2D eigenvalue weighted by Crippen LogP contribution is -2.17. The highest BCUT2D eigenvalue weighted by Crippen LogP contribution is 2.35. The maximum atomic E-state index is 10.8. The van der Waals surface area contributed by atoms with Crippen molar-refractivity contribution in [3.05, 3.63) is 78.4 Å². The molecule has 3 heterocycles. The number of nitrogens with one attached hydrogen (secondary N) is 1. The zero-order valence-electron chi connectivity index (χ0n) is 13.7. The standard InChI is InChI=1S/C19H17N5O/c1-24-15(9-12-22-24)18(23-16-6-2-3-10-20-16)14-8-7-13-5-4-11-21-17(13)19(14)25/h2-12,18,25H,1H3,(H,20,23). The van der Waals surface area contributed by atoms with Gasteiger partial charge in [-0.15, -0.1) is 0 Å². The monoisotopic (exact) mass is 331 g/mol. The summed E-state index contributed by atoms with van der Waals surface area (Å²) < 4.78 is 1.78. The molecular weight excluding hydrogens is 314 g/mol. The number of anilines is 1. The first-order valence-corrected chi connectivity index (χ1v) is 7.96. The summed E-state index contributed by atoms with van der Waals surface area (Å²) in [6, 6.07) is 14.9. The van der Waals surface area contributed by atoms with Gasteiger partial charge in [-0.2, -0.15) is 5.10 Å². The Hall–Kier alpha value is -3.41. The normalized spacial score (nSPS) is 12.2. The molecule has 0 aliphatic rings. The van der Waals surface area contributed by atoms with Crippen molar-refractivity contribution in [2.45, 2.75) is 6.04 Å². The fourth-order valence-corrected chi connectivity index (χ4v) is 2.95. The molecule has 0 spiro atoms. The van der Waals surface area contributed by atoms with E-state index in [1.54, 1.807) is 23.3 Å². The predicted molar refractivity (Wildman–Crippen MR) is 96.3 cm³/mol. The van der Waals surface area contributed by atoms with E-state index in [9.17, 15) is 5.11 Å². The number of fused-ring (bicyclic) bond motifs is 1. The number of rotatable bonds is 4. The highest BCUT2D eigenvalue weighted by atomic mass is 16.3. The summed E-state index contributed by atoms with van der Waals surface area (Å²) in [5.41, 5.74) is 2.21. The molecule has 6 nitrogen and oxygen atoms in total. The highest BCUT2D eigenvalue weighted by molar-refractivity contribution is 5.85. The SMILES string of the molecule is Cn1nccc1C(Nc1ccccn1)c1ccc2cccnc2c1O.